The summed E-state index contributed by atoms with van der Waals surface area (Å²) in [6.07, 6.45) is 4.12. The molecule has 2 rings (SSSR count). The Hall–Kier alpha value is -0.860. The highest BCUT2D eigenvalue weighted by Crippen LogP contribution is 2.37. The van der Waals surface area contributed by atoms with Gasteiger partial charge in [0.2, 0.25) is 0 Å². The van der Waals surface area contributed by atoms with E-state index < -0.39 is 0 Å². The number of hydrogen-bond donors (Lipinski definition) is 1. The summed E-state index contributed by atoms with van der Waals surface area (Å²) in [6.45, 7) is 4.36. The van der Waals surface area contributed by atoms with Crippen molar-refractivity contribution in [1.82, 2.24) is 4.90 Å². The van der Waals surface area contributed by atoms with E-state index in [2.05, 4.69) is 51.0 Å². The smallest absolute Gasteiger partial charge is 0.0540 e. The molecule has 0 radical (unpaired) electrons. The first kappa shape index (κ1) is 14.5. The van der Waals surface area contributed by atoms with Crippen molar-refractivity contribution in [3.63, 3.8) is 0 Å². The van der Waals surface area contributed by atoms with Gasteiger partial charge in [0.15, 0.2) is 0 Å². The van der Waals surface area contributed by atoms with Crippen molar-refractivity contribution in [2.24, 2.45) is 5.92 Å². The van der Waals surface area contributed by atoms with E-state index in [1.807, 2.05) is 0 Å². The van der Waals surface area contributed by atoms with E-state index in [1.54, 1.807) is 0 Å². The van der Waals surface area contributed by atoms with Crippen molar-refractivity contribution in [1.29, 1.82) is 0 Å². The molecule has 19 heavy (non-hydrogen) atoms. The monoisotopic (exact) mass is 261 g/mol. The van der Waals surface area contributed by atoms with Gasteiger partial charge in [0, 0.05) is 6.04 Å². The van der Waals surface area contributed by atoms with Gasteiger partial charge in [-0.3, -0.25) is 0 Å². The minimum absolute atomic E-state index is 0.0705. The van der Waals surface area contributed by atoms with Crippen LogP contribution in [0, 0.1) is 19.8 Å². The molecule has 106 valence electrons. The third kappa shape index (κ3) is 3.37. The molecule has 0 saturated heterocycles. The van der Waals surface area contributed by atoms with Gasteiger partial charge in [0.25, 0.3) is 0 Å². The van der Waals surface area contributed by atoms with Gasteiger partial charge in [-0.2, -0.15) is 0 Å². The van der Waals surface area contributed by atoms with Gasteiger partial charge in [0.1, 0.15) is 0 Å². The van der Waals surface area contributed by atoms with Crippen LogP contribution in [-0.4, -0.2) is 30.2 Å². The van der Waals surface area contributed by atoms with E-state index in [4.69, 9.17) is 0 Å². The lowest BCUT2D eigenvalue weighted by molar-refractivity contribution is 0.0779. The maximum absolute atomic E-state index is 9.68. The molecule has 1 atom stereocenters. The topological polar surface area (TPSA) is 23.5 Å². The Morgan fingerprint density at radius 2 is 1.68 bits per heavy atom. The molecule has 0 amide bonds. The second-order valence-electron chi connectivity index (χ2n) is 6.32. The molecule has 2 heteroatoms. The Labute approximate surface area is 117 Å². The van der Waals surface area contributed by atoms with Crippen LogP contribution in [0.2, 0.25) is 0 Å². The minimum atomic E-state index is -0.0705. The highest BCUT2D eigenvalue weighted by molar-refractivity contribution is 5.32. The summed E-state index contributed by atoms with van der Waals surface area (Å²) < 4.78 is 0. The third-order valence-corrected chi connectivity index (χ3v) is 4.62. The zero-order chi connectivity index (χ0) is 14.0. The average Bonchev–Trinajstić information content (AvgIpc) is 2.36. The van der Waals surface area contributed by atoms with Gasteiger partial charge in [-0.05, 0) is 76.2 Å². The zero-order valence-corrected chi connectivity index (χ0v) is 12.7. The van der Waals surface area contributed by atoms with Gasteiger partial charge in [0.05, 0.1) is 6.10 Å². The number of aliphatic hydroxyl groups excluding tert-OH is 1. The van der Waals surface area contributed by atoms with Gasteiger partial charge in [-0.25, -0.2) is 0 Å². The fraction of sp³-hybridized carbons (Fsp3) is 0.647. The second-order valence-corrected chi connectivity index (χ2v) is 6.32. The molecule has 2 nitrogen and oxygen atoms in total. The summed E-state index contributed by atoms with van der Waals surface area (Å²) in [4.78, 5) is 2.34. The minimum Gasteiger partial charge on any atom is -0.393 e. The maximum Gasteiger partial charge on any atom is 0.0540 e. The molecular formula is C17H27NO. The summed E-state index contributed by atoms with van der Waals surface area (Å²) in [5.41, 5.74) is 4.16. The van der Waals surface area contributed by atoms with Crippen LogP contribution in [-0.2, 0) is 0 Å². The largest absolute Gasteiger partial charge is 0.393 e. The molecule has 0 heterocycles. The van der Waals surface area contributed by atoms with E-state index in [0.717, 1.165) is 25.7 Å². The van der Waals surface area contributed by atoms with Crippen LogP contribution in [0.5, 0.6) is 0 Å². The molecule has 1 saturated carbocycles. The van der Waals surface area contributed by atoms with E-state index in [1.165, 1.54) is 16.7 Å². The summed E-state index contributed by atoms with van der Waals surface area (Å²) in [7, 11) is 4.34. The van der Waals surface area contributed by atoms with Gasteiger partial charge in [-0.1, -0.05) is 18.2 Å². The molecule has 0 bridgehead atoms. The third-order valence-electron chi connectivity index (χ3n) is 4.62. The Balaban J connectivity index is 2.22. The van der Waals surface area contributed by atoms with Gasteiger partial charge >= 0.3 is 0 Å². The zero-order valence-electron chi connectivity index (χ0n) is 12.7. The molecule has 1 unspecified atom stereocenters. The summed E-state index contributed by atoms with van der Waals surface area (Å²) in [5.74, 6) is 0.667. The van der Waals surface area contributed by atoms with Crippen LogP contribution in [0.1, 0.15) is 48.4 Å². The predicted octanol–water partition coefficient (Wildman–Crippen LogP) is 3.46. The molecule has 1 N–H and O–H groups in total. The molecule has 1 aromatic rings. The Kier molecular flexibility index (Phi) is 4.64. The normalized spacial score (nSPS) is 25.6. The van der Waals surface area contributed by atoms with Crippen molar-refractivity contribution < 1.29 is 5.11 Å². The molecule has 1 aliphatic rings. The highest BCUT2D eigenvalue weighted by atomic mass is 16.3. The number of nitrogens with zero attached hydrogens (tertiary/aromatic N) is 1. The van der Waals surface area contributed by atoms with Gasteiger partial charge in [-0.15, -0.1) is 0 Å². The number of aliphatic hydroxyl groups is 1. The lowest BCUT2D eigenvalue weighted by Crippen LogP contribution is -2.31. The molecule has 1 aromatic carbocycles. The SMILES string of the molecule is Cc1ccc(C(C2CCC(O)CC2)N(C)C)cc1C. The van der Waals surface area contributed by atoms with Crippen molar-refractivity contribution in [3.8, 4) is 0 Å². The molecule has 0 spiro atoms. The van der Waals surface area contributed by atoms with E-state index in [0.29, 0.717) is 12.0 Å². The standard InChI is InChI=1S/C17H27NO/c1-12-5-6-15(11-13(12)2)17(18(3)4)14-7-9-16(19)10-8-14/h5-6,11,14,16-17,19H,7-10H2,1-4H3. The molecule has 0 aliphatic heterocycles. The molecule has 1 fully saturated rings. The summed E-state index contributed by atoms with van der Waals surface area (Å²) in [5, 5.41) is 9.68. The number of aryl methyl sites for hydroxylation is 2. The number of rotatable bonds is 3. The van der Waals surface area contributed by atoms with Gasteiger partial charge < -0.3 is 10.0 Å². The van der Waals surface area contributed by atoms with Crippen molar-refractivity contribution in [3.05, 3.63) is 34.9 Å². The van der Waals surface area contributed by atoms with Crippen molar-refractivity contribution in [2.75, 3.05) is 14.1 Å². The van der Waals surface area contributed by atoms with Crippen LogP contribution in [0.15, 0.2) is 18.2 Å². The van der Waals surface area contributed by atoms with Crippen molar-refractivity contribution in [2.45, 2.75) is 51.7 Å². The second kappa shape index (κ2) is 6.06. The predicted molar refractivity (Wildman–Crippen MR) is 80.3 cm³/mol. The van der Waals surface area contributed by atoms with Crippen LogP contribution in [0.4, 0.5) is 0 Å². The van der Waals surface area contributed by atoms with Crippen LogP contribution < -0.4 is 0 Å². The quantitative estimate of drug-likeness (QED) is 0.900. The van der Waals surface area contributed by atoms with E-state index >= 15 is 0 Å². The summed E-state index contributed by atoms with van der Waals surface area (Å²) in [6, 6.07) is 7.33. The lowest BCUT2D eigenvalue weighted by atomic mass is 9.79. The Morgan fingerprint density at radius 1 is 1.05 bits per heavy atom. The number of hydrogen-bond acceptors (Lipinski definition) is 2. The maximum atomic E-state index is 9.68. The summed E-state index contributed by atoms with van der Waals surface area (Å²) >= 11 is 0. The number of benzene rings is 1. The fourth-order valence-corrected chi connectivity index (χ4v) is 3.36. The van der Waals surface area contributed by atoms with Crippen LogP contribution >= 0.6 is 0 Å². The first-order valence-corrected chi connectivity index (χ1v) is 7.40. The molecular weight excluding hydrogens is 234 g/mol. The Morgan fingerprint density at radius 3 is 2.21 bits per heavy atom. The first-order valence-electron chi connectivity index (χ1n) is 7.40. The highest BCUT2D eigenvalue weighted by Gasteiger charge is 2.29. The van der Waals surface area contributed by atoms with Crippen molar-refractivity contribution >= 4 is 0 Å². The Bertz CT molecular complexity index is 419. The molecule has 1 aliphatic carbocycles. The van der Waals surface area contributed by atoms with E-state index in [9.17, 15) is 5.11 Å². The first-order chi connectivity index (χ1) is 8.99. The van der Waals surface area contributed by atoms with Crippen LogP contribution in [0.3, 0.4) is 0 Å². The molecule has 0 aromatic heterocycles. The van der Waals surface area contributed by atoms with E-state index in [-0.39, 0.29) is 6.10 Å². The lowest BCUT2D eigenvalue weighted by Gasteiger charge is -2.36. The average molecular weight is 261 g/mol. The fourth-order valence-electron chi connectivity index (χ4n) is 3.36. The van der Waals surface area contributed by atoms with Crippen LogP contribution in [0.25, 0.3) is 0 Å².